The number of likely N-dealkylation sites (N-methyl/N-ethyl adjacent to an activating group) is 1. The molecule has 4 rings (SSSR count). The van der Waals surface area contributed by atoms with E-state index in [1.54, 1.807) is 6.33 Å². The van der Waals surface area contributed by atoms with Crippen molar-refractivity contribution in [3.63, 3.8) is 0 Å². The molecule has 0 unspecified atom stereocenters. The van der Waals surface area contributed by atoms with Crippen molar-refractivity contribution in [2.75, 3.05) is 32.7 Å². The molecular formula is C26H35N5O2. The number of carbonyl (C=O) groups is 1. The molecule has 1 aliphatic heterocycles. The molecule has 0 N–H and O–H groups in total. The first kappa shape index (κ1) is 23.2. The van der Waals surface area contributed by atoms with Gasteiger partial charge in [0.25, 0.3) is 0 Å². The fourth-order valence-corrected chi connectivity index (χ4v) is 4.70. The molecule has 0 aliphatic carbocycles. The lowest BCUT2D eigenvalue weighted by atomic mass is 10.1. The lowest BCUT2D eigenvalue weighted by Gasteiger charge is -2.32. The van der Waals surface area contributed by atoms with E-state index in [1.807, 2.05) is 24.8 Å². The number of rotatable bonds is 8. The van der Waals surface area contributed by atoms with Crippen LogP contribution in [-0.4, -0.2) is 69.1 Å². The number of piperidine rings is 1. The van der Waals surface area contributed by atoms with Crippen molar-refractivity contribution < 1.29 is 9.53 Å². The molecule has 2 aromatic heterocycles. The van der Waals surface area contributed by atoms with Crippen molar-refractivity contribution >= 4 is 16.9 Å². The van der Waals surface area contributed by atoms with E-state index in [-0.39, 0.29) is 12.0 Å². The predicted octanol–water partition coefficient (Wildman–Crippen LogP) is 3.81. The quantitative estimate of drug-likeness (QED) is 0.523. The van der Waals surface area contributed by atoms with Crippen molar-refractivity contribution in [2.45, 2.75) is 53.2 Å². The number of hydrogen-bond acceptors (Lipinski definition) is 5. The zero-order valence-corrected chi connectivity index (χ0v) is 20.3. The number of likely N-dealkylation sites (tertiary alicyclic amines) is 1. The van der Waals surface area contributed by atoms with Crippen LogP contribution >= 0.6 is 0 Å². The Morgan fingerprint density at radius 1 is 1.09 bits per heavy atom. The highest BCUT2D eigenvalue weighted by Crippen LogP contribution is 2.32. The molecule has 7 heteroatoms. The van der Waals surface area contributed by atoms with Gasteiger partial charge >= 0.3 is 0 Å². The van der Waals surface area contributed by atoms with E-state index in [1.165, 1.54) is 16.8 Å². The Morgan fingerprint density at radius 2 is 1.79 bits per heavy atom. The molecule has 7 nitrogen and oxygen atoms in total. The number of hydrogen-bond donors (Lipinski definition) is 0. The van der Waals surface area contributed by atoms with Gasteiger partial charge in [-0.3, -0.25) is 9.69 Å². The first-order valence-electron chi connectivity index (χ1n) is 12.0. The van der Waals surface area contributed by atoms with Crippen LogP contribution in [0, 0.1) is 13.8 Å². The number of fused-ring (bicyclic) bond motifs is 1. The standard InChI is InChI=1S/C26H35N5O2/c1-5-30(6-2)23(32)17-29-14-12-22(13-15-29)33-26-24-19(3)20(4)31(25(24)27-18-28-26)16-21-10-8-7-9-11-21/h7-11,18,22H,5-6,12-17H2,1-4H3. The summed E-state index contributed by atoms with van der Waals surface area (Å²) in [5.41, 5.74) is 4.51. The zero-order chi connectivity index (χ0) is 23.4. The van der Waals surface area contributed by atoms with Gasteiger partial charge in [0, 0.05) is 38.4 Å². The van der Waals surface area contributed by atoms with Crippen LogP contribution in [0.1, 0.15) is 43.5 Å². The highest BCUT2D eigenvalue weighted by molar-refractivity contribution is 5.86. The number of aryl methyl sites for hydroxylation is 1. The summed E-state index contributed by atoms with van der Waals surface area (Å²) in [7, 11) is 0. The average Bonchev–Trinajstić information content (AvgIpc) is 3.07. The SMILES string of the molecule is CCN(CC)C(=O)CN1CCC(Oc2ncnc3c2c(C)c(C)n3Cc2ccccc2)CC1. The minimum Gasteiger partial charge on any atom is -0.474 e. The predicted molar refractivity (Wildman–Crippen MR) is 131 cm³/mol. The minimum absolute atomic E-state index is 0.0973. The summed E-state index contributed by atoms with van der Waals surface area (Å²) in [5, 5.41) is 1.00. The summed E-state index contributed by atoms with van der Waals surface area (Å²) in [5.74, 6) is 0.882. The van der Waals surface area contributed by atoms with Crippen molar-refractivity contribution in [1.82, 2.24) is 24.3 Å². The number of benzene rings is 1. The molecule has 33 heavy (non-hydrogen) atoms. The zero-order valence-electron chi connectivity index (χ0n) is 20.3. The summed E-state index contributed by atoms with van der Waals surface area (Å²) >= 11 is 0. The summed E-state index contributed by atoms with van der Waals surface area (Å²) in [6.45, 7) is 12.8. The number of nitrogens with zero attached hydrogens (tertiary/aromatic N) is 5. The van der Waals surface area contributed by atoms with Gasteiger partial charge in [-0.15, -0.1) is 0 Å². The molecule has 1 fully saturated rings. The summed E-state index contributed by atoms with van der Waals surface area (Å²) in [6.07, 6.45) is 3.48. The maximum Gasteiger partial charge on any atom is 0.236 e. The van der Waals surface area contributed by atoms with Crippen LogP contribution in [0.3, 0.4) is 0 Å². The average molecular weight is 450 g/mol. The second-order valence-corrected chi connectivity index (χ2v) is 8.82. The second-order valence-electron chi connectivity index (χ2n) is 8.82. The van der Waals surface area contributed by atoms with E-state index in [0.717, 1.165) is 56.6 Å². The third-order valence-corrected chi connectivity index (χ3v) is 6.84. The Balaban J connectivity index is 1.46. The monoisotopic (exact) mass is 449 g/mol. The second kappa shape index (κ2) is 10.3. The van der Waals surface area contributed by atoms with Gasteiger partial charge in [0.15, 0.2) is 0 Å². The minimum atomic E-state index is 0.0973. The maximum absolute atomic E-state index is 12.4. The van der Waals surface area contributed by atoms with Gasteiger partial charge in [0.05, 0.1) is 11.9 Å². The van der Waals surface area contributed by atoms with Crippen LogP contribution in [0.25, 0.3) is 11.0 Å². The first-order chi connectivity index (χ1) is 16.0. The van der Waals surface area contributed by atoms with E-state index in [0.29, 0.717) is 12.4 Å². The third kappa shape index (κ3) is 5.03. The molecule has 1 amide bonds. The number of carbonyl (C=O) groups excluding carboxylic acids is 1. The van der Waals surface area contributed by atoms with Gasteiger partial charge in [0.2, 0.25) is 11.8 Å². The molecule has 0 saturated carbocycles. The van der Waals surface area contributed by atoms with Crippen LogP contribution in [0.15, 0.2) is 36.7 Å². The molecule has 0 radical (unpaired) electrons. The number of aromatic nitrogens is 3. The lowest BCUT2D eigenvalue weighted by Crippen LogP contribution is -2.45. The van der Waals surface area contributed by atoms with Crippen LogP contribution in [-0.2, 0) is 11.3 Å². The third-order valence-electron chi connectivity index (χ3n) is 6.84. The molecule has 176 valence electrons. The largest absolute Gasteiger partial charge is 0.474 e. The van der Waals surface area contributed by atoms with Gasteiger partial charge in [-0.1, -0.05) is 30.3 Å². The van der Waals surface area contributed by atoms with E-state index in [4.69, 9.17) is 4.74 Å². The molecule has 3 heterocycles. The van der Waals surface area contributed by atoms with Gasteiger partial charge in [0.1, 0.15) is 18.1 Å². The van der Waals surface area contributed by atoms with Crippen molar-refractivity contribution in [3.8, 4) is 5.88 Å². The van der Waals surface area contributed by atoms with Gasteiger partial charge in [-0.05, 0) is 51.7 Å². The Labute approximate surface area is 196 Å². The number of ether oxygens (including phenoxy) is 1. The van der Waals surface area contributed by atoms with E-state index < -0.39 is 0 Å². The molecule has 0 bridgehead atoms. The summed E-state index contributed by atoms with van der Waals surface area (Å²) in [6, 6.07) is 10.4. The van der Waals surface area contributed by atoms with Crippen LogP contribution in [0.4, 0.5) is 0 Å². The molecule has 1 aromatic carbocycles. The van der Waals surface area contributed by atoms with Gasteiger partial charge in [-0.2, -0.15) is 0 Å². The molecule has 3 aromatic rings. The molecular weight excluding hydrogens is 414 g/mol. The highest BCUT2D eigenvalue weighted by atomic mass is 16.5. The molecule has 1 saturated heterocycles. The van der Waals surface area contributed by atoms with Crippen LogP contribution in [0.5, 0.6) is 5.88 Å². The topological polar surface area (TPSA) is 63.5 Å². The van der Waals surface area contributed by atoms with Crippen LogP contribution in [0.2, 0.25) is 0 Å². The fraction of sp³-hybridized carbons (Fsp3) is 0.500. The molecule has 0 atom stereocenters. The first-order valence-corrected chi connectivity index (χ1v) is 12.0. The van der Waals surface area contributed by atoms with Gasteiger partial charge < -0.3 is 14.2 Å². The summed E-state index contributed by atoms with van der Waals surface area (Å²) in [4.78, 5) is 25.7. The van der Waals surface area contributed by atoms with Crippen molar-refractivity contribution in [3.05, 3.63) is 53.5 Å². The lowest BCUT2D eigenvalue weighted by molar-refractivity contribution is -0.132. The van der Waals surface area contributed by atoms with Crippen molar-refractivity contribution in [1.29, 1.82) is 0 Å². The Kier molecular flexibility index (Phi) is 7.28. The molecule has 0 spiro atoms. The smallest absolute Gasteiger partial charge is 0.236 e. The Morgan fingerprint density at radius 3 is 2.45 bits per heavy atom. The fourth-order valence-electron chi connectivity index (χ4n) is 4.70. The van der Waals surface area contributed by atoms with Crippen LogP contribution < -0.4 is 4.74 Å². The molecule has 1 aliphatic rings. The van der Waals surface area contributed by atoms with E-state index in [9.17, 15) is 4.79 Å². The Bertz CT molecular complexity index is 1080. The maximum atomic E-state index is 12.4. The Hall–Kier alpha value is -2.93. The van der Waals surface area contributed by atoms with E-state index >= 15 is 0 Å². The van der Waals surface area contributed by atoms with E-state index in [2.05, 4.69) is 57.5 Å². The summed E-state index contributed by atoms with van der Waals surface area (Å²) < 4.78 is 8.67. The highest BCUT2D eigenvalue weighted by Gasteiger charge is 2.25. The van der Waals surface area contributed by atoms with Crippen molar-refractivity contribution in [2.24, 2.45) is 0 Å². The number of amides is 1. The normalized spacial score (nSPS) is 15.2. The van der Waals surface area contributed by atoms with Gasteiger partial charge in [-0.25, -0.2) is 9.97 Å².